The quantitative estimate of drug-likeness (QED) is 0.514. The Bertz CT molecular complexity index is 201. The van der Waals surface area contributed by atoms with E-state index in [1.807, 2.05) is 0 Å². The maximum Gasteiger partial charge on any atom is 0.0370 e. The zero-order valence-corrected chi connectivity index (χ0v) is 6.65. The fraction of sp³-hybridized carbons (Fsp3) is 0.500. The molecule has 1 aliphatic rings. The van der Waals surface area contributed by atoms with Crippen molar-refractivity contribution in [1.29, 1.82) is 10.8 Å². The second kappa shape index (κ2) is 3.44. The molecule has 0 spiro atoms. The summed E-state index contributed by atoms with van der Waals surface area (Å²) in [6.45, 7) is 3.54. The topological polar surface area (TPSA) is 59.7 Å². The summed E-state index contributed by atoms with van der Waals surface area (Å²) in [4.78, 5) is 0. The van der Waals surface area contributed by atoms with E-state index in [4.69, 9.17) is 10.8 Å². The van der Waals surface area contributed by atoms with Gasteiger partial charge in [-0.15, -0.1) is 0 Å². The number of hydrogen-bond acceptors (Lipinski definition) is 3. The van der Waals surface area contributed by atoms with Crippen LogP contribution < -0.4 is 5.32 Å². The summed E-state index contributed by atoms with van der Waals surface area (Å²) in [5.41, 5.74) is 1.14. The number of rotatable bonds is 3. The predicted octanol–water partition coefficient (Wildman–Crippen LogP) is 0.821. The molecule has 0 bridgehead atoms. The highest BCUT2D eigenvalue weighted by atomic mass is 15.0. The maximum atomic E-state index is 7.52. The molecule has 3 nitrogen and oxygen atoms in total. The van der Waals surface area contributed by atoms with E-state index in [0.29, 0.717) is 17.3 Å². The maximum absolute atomic E-state index is 7.52. The Balaban J connectivity index is 2.36. The van der Waals surface area contributed by atoms with Crippen LogP contribution in [-0.2, 0) is 0 Å². The minimum absolute atomic E-state index is 0.380. The number of nitrogens with one attached hydrogen (secondary N) is 3. The molecule has 1 fully saturated rings. The molecule has 3 N–H and O–H groups in total. The van der Waals surface area contributed by atoms with E-state index in [0.717, 1.165) is 13.1 Å². The lowest BCUT2D eigenvalue weighted by Gasteiger charge is -2.26. The van der Waals surface area contributed by atoms with Crippen molar-refractivity contribution in [3.63, 3.8) is 0 Å². The highest BCUT2D eigenvalue weighted by molar-refractivity contribution is 6.01. The van der Waals surface area contributed by atoms with Crippen molar-refractivity contribution in [2.75, 3.05) is 13.1 Å². The minimum Gasteiger partial charge on any atom is -0.315 e. The van der Waals surface area contributed by atoms with Crippen LogP contribution in [0.25, 0.3) is 0 Å². The lowest BCUT2D eigenvalue weighted by molar-refractivity contribution is 0.443. The average molecular weight is 151 g/mol. The van der Waals surface area contributed by atoms with Crippen LogP contribution in [0.1, 0.15) is 6.92 Å². The van der Waals surface area contributed by atoms with Crippen LogP contribution in [0.15, 0.2) is 12.2 Å². The van der Waals surface area contributed by atoms with Gasteiger partial charge >= 0.3 is 0 Å². The van der Waals surface area contributed by atoms with Gasteiger partial charge in [-0.3, -0.25) is 0 Å². The van der Waals surface area contributed by atoms with Crippen LogP contribution in [0.5, 0.6) is 0 Å². The fourth-order valence-corrected chi connectivity index (χ4v) is 0.859. The Morgan fingerprint density at radius 1 is 1.36 bits per heavy atom. The van der Waals surface area contributed by atoms with Gasteiger partial charge in [-0.2, -0.15) is 0 Å². The molecule has 1 rings (SSSR count). The Morgan fingerprint density at radius 3 is 2.36 bits per heavy atom. The first kappa shape index (κ1) is 8.14. The summed E-state index contributed by atoms with van der Waals surface area (Å²) in [6.07, 6.45) is 3.38. The summed E-state index contributed by atoms with van der Waals surface area (Å²) in [7, 11) is 0. The molecule has 0 aromatic carbocycles. The Morgan fingerprint density at radius 2 is 2.00 bits per heavy atom. The number of allylic oxidation sites excluding steroid dienone is 2. The van der Waals surface area contributed by atoms with Gasteiger partial charge in [0.25, 0.3) is 0 Å². The van der Waals surface area contributed by atoms with E-state index in [1.165, 1.54) is 0 Å². The molecule has 0 unspecified atom stereocenters. The van der Waals surface area contributed by atoms with Gasteiger partial charge in [0.05, 0.1) is 0 Å². The van der Waals surface area contributed by atoms with Gasteiger partial charge < -0.3 is 16.1 Å². The molecule has 0 aromatic heterocycles. The highest BCUT2D eigenvalue weighted by Crippen LogP contribution is 2.04. The normalized spacial score (nSPS) is 18.3. The van der Waals surface area contributed by atoms with E-state index >= 15 is 0 Å². The molecule has 1 aliphatic heterocycles. The molecule has 60 valence electrons. The molecular weight excluding hydrogens is 138 g/mol. The van der Waals surface area contributed by atoms with Crippen LogP contribution >= 0.6 is 0 Å². The highest BCUT2D eigenvalue weighted by Gasteiger charge is 2.19. The molecule has 0 radical (unpaired) electrons. The van der Waals surface area contributed by atoms with Crippen LogP contribution in [0.2, 0.25) is 0 Å². The summed E-state index contributed by atoms with van der Waals surface area (Å²) < 4.78 is 0. The Labute approximate surface area is 66.5 Å². The lowest BCUT2D eigenvalue weighted by atomic mass is 9.97. The van der Waals surface area contributed by atoms with Crippen molar-refractivity contribution in [1.82, 2.24) is 5.32 Å². The van der Waals surface area contributed by atoms with E-state index in [1.54, 1.807) is 19.1 Å². The van der Waals surface area contributed by atoms with Crippen LogP contribution in [0.3, 0.4) is 0 Å². The summed E-state index contributed by atoms with van der Waals surface area (Å²) >= 11 is 0. The number of hydrogen-bond donors (Lipinski definition) is 3. The van der Waals surface area contributed by atoms with Crippen molar-refractivity contribution in [3.8, 4) is 0 Å². The van der Waals surface area contributed by atoms with E-state index in [9.17, 15) is 0 Å². The Kier molecular flexibility index (Phi) is 2.54. The Hall–Kier alpha value is -0.960. The van der Waals surface area contributed by atoms with Crippen molar-refractivity contribution < 1.29 is 0 Å². The van der Waals surface area contributed by atoms with E-state index in [2.05, 4.69) is 5.32 Å². The summed E-state index contributed by atoms with van der Waals surface area (Å²) in [5.74, 6) is 0.380. The molecular formula is C8H13N3. The third-order valence-electron chi connectivity index (χ3n) is 1.73. The third kappa shape index (κ3) is 2.27. The van der Waals surface area contributed by atoms with E-state index < -0.39 is 0 Å². The third-order valence-corrected chi connectivity index (χ3v) is 1.73. The second-order valence-corrected chi connectivity index (χ2v) is 2.83. The molecule has 11 heavy (non-hydrogen) atoms. The summed E-state index contributed by atoms with van der Waals surface area (Å²) in [5, 5.41) is 17.7. The van der Waals surface area contributed by atoms with Crippen LogP contribution in [0, 0.1) is 16.7 Å². The minimum atomic E-state index is 0.380. The second-order valence-electron chi connectivity index (χ2n) is 2.83. The predicted molar refractivity (Wildman–Crippen MR) is 46.6 cm³/mol. The van der Waals surface area contributed by atoms with Gasteiger partial charge in [-0.25, -0.2) is 0 Å². The monoisotopic (exact) mass is 151 g/mol. The molecule has 0 aliphatic carbocycles. The smallest absolute Gasteiger partial charge is 0.0370 e. The summed E-state index contributed by atoms with van der Waals surface area (Å²) in [6, 6.07) is 0. The van der Waals surface area contributed by atoms with Crippen molar-refractivity contribution in [2.24, 2.45) is 5.92 Å². The molecule has 0 saturated carbocycles. The first-order chi connectivity index (χ1) is 5.20. The molecule has 0 amide bonds. The molecule has 1 saturated heterocycles. The van der Waals surface area contributed by atoms with Gasteiger partial charge in [-0.1, -0.05) is 0 Å². The fourth-order valence-electron chi connectivity index (χ4n) is 0.859. The van der Waals surface area contributed by atoms with Gasteiger partial charge in [0, 0.05) is 30.4 Å². The van der Waals surface area contributed by atoms with Crippen molar-refractivity contribution in [2.45, 2.75) is 6.92 Å². The van der Waals surface area contributed by atoms with E-state index in [-0.39, 0.29) is 0 Å². The average Bonchev–Trinajstić information content (AvgIpc) is 1.79. The zero-order valence-electron chi connectivity index (χ0n) is 6.65. The van der Waals surface area contributed by atoms with Gasteiger partial charge in [0.2, 0.25) is 0 Å². The lowest BCUT2D eigenvalue weighted by Crippen LogP contribution is -2.45. The first-order valence-electron chi connectivity index (χ1n) is 3.72. The van der Waals surface area contributed by atoms with Gasteiger partial charge in [0.15, 0.2) is 0 Å². The van der Waals surface area contributed by atoms with Crippen molar-refractivity contribution >= 4 is 11.4 Å². The largest absolute Gasteiger partial charge is 0.315 e. The van der Waals surface area contributed by atoms with Crippen LogP contribution in [-0.4, -0.2) is 24.5 Å². The van der Waals surface area contributed by atoms with Gasteiger partial charge in [0.1, 0.15) is 0 Å². The molecule has 1 heterocycles. The molecule has 0 aromatic rings. The SMILES string of the molecule is CC(=N)/C=C\C(=N)C1CNC1. The van der Waals surface area contributed by atoms with Gasteiger partial charge in [-0.05, 0) is 19.1 Å². The van der Waals surface area contributed by atoms with Crippen molar-refractivity contribution in [3.05, 3.63) is 12.2 Å². The molecule has 3 heteroatoms. The standard InChI is InChI=1S/C8H13N3/c1-6(9)2-3-8(10)7-4-11-5-7/h2-3,7,9-11H,4-5H2,1H3/b3-2-,9-6?,10-8?. The van der Waals surface area contributed by atoms with Crippen LogP contribution in [0.4, 0.5) is 0 Å². The first-order valence-corrected chi connectivity index (χ1v) is 3.72. The molecule has 0 atom stereocenters. The zero-order chi connectivity index (χ0) is 8.27.